The molecule has 3 aromatic rings. The third-order valence-electron chi connectivity index (χ3n) is 4.51. The molecule has 0 radical (unpaired) electrons. The third-order valence-corrected chi connectivity index (χ3v) is 4.51. The topological polar surface area (TPSA) is 60.2 Å². The Hall–Kier alpha value is -3.15. The number of amides is 1. The maximum absolute atomic E-state index is 13.1. The summed E-state index contributed by atoms with van der Waals surface area (Å²) in [7, 11) is 1.65. The van der Waals surface area contributed by atoms with Crippen LogP contribution in [0.4, 0.5) is 0 Å². The quantitative estimate of drug-likeness (QED) is 0.687. The highest BCUT2D eigenvalue weighted by atomic mass is 16.5. The number of hydrogen-bond acceptors (Lipinski definition) is 4. The van der Waals surface area contributed by atoms with Gasteiger partial charge in [0.2, 0.25) is 0 Å². The summed E-state index contributed by atoms with van der Waals surface area (Å²) < 4.78 is 7.16. The number of carbonyl (C=O) groups is 1. The van der Waals surface area contributed by atoms with Crippen molar-refractivity contribution in [1.82, 2.24) is 19.7 Å². The number of pyridine rings is 1. The summed E-state index contributed by atoms with van der Waals surface area (Å²) in [5.41, 5.74) is 2.25. The Morgan fingerprint density at radius 1 is 1.23 bits per heavy atom. The molecule has 0 spiro atoms. The van der Waals surface area contributed by atoms with Crippen molar-refractivity contribution in [3.8, 4) is 11.4 Å². The average molecular weight is 348 g/mol. The maximum atomic E-state index is 13.1. The fourth-order valence-corrected chi connectivity index (χ4v) is 3.02. The van der Waals surface area contributed by atoms with Gasteiger partial charge < -0.3 is 9.64 Å². The molecule has 26 heavy (non-hydrogen) atoms. The van der Waals surface area contributed by atoms with Gasteiger partial charge in [0.15, 0.2) is 0 Å². The van der Waals surface area contributed by atoms with Gasteiger partial charge in [-0.2, -0.15) is 5.10 Å². The zero-order chi connectivity index (χ0) is 17.9. The first-order valence-corrected chi connectivity index (χ1v) is 8.65. The third kappa shape index (κ3) is 3.31. The lowest BCUT2D eigenvalue weighted by Gasteiger charge is -2.23. The molecule has 0 unspecified atom stereocenters. The highest BCUT2D eigenvalue weighted by Gasteiger charge is 2.34. The molecule has 0 atom stereocenters. The van der Waals surface area contributed by atoms with E-state index in [2.05, 4.69) is 10.1 Å². The maximum Gasteiger partial charge on any atom is 0.273 e. The van der Waals surface area contributed by atoms with Crippen LogP contribution in [0.2, 0.25) is 0 Å². The molecule has 6 nitrogen and oxygen atoms in total. The van der Waals surface area contributed by atoms with Crippen molar-refractivity contribution in [1.29, 1.82) is 0 Å². The van der Waals surface area contributed by atoms with Crippen LogP contribution in [0.1, 0.15) is 28.9 Å². The number of ether oxygens (including phenoxy) is 1. The van der Waals surface area contributed by atoms with E-state index >= 15 is 0 Å². The van der Waals surface area contributed by atoms with Crippen molar-refractivity contribution in [3.63, 3.8) is 0 Å². The molecule has 0 aliphatic heterocycles. The summed E-state index contributed by atoms with van der Waals surface area (Å²) in [6, 6.07) is 13.5. The van der Waals surface area contributed by atoms with E-state index in [1.165, 1.54) is 0 Å². The second kappa shape index (κ2) is 7.00. The van der Waals surface area contributed by atoms with Crippen molar-refractivity contribution in [2.24, 2.45) is 0 Å². The van der Waals surface area contributed by atoms with E-state index < -0.39 is 0 Å². The van der Waals surface area contributed by atoms with Gasteiger partial charge in [0.05, 0.1) is 12.8 Å². The second-order valence-electron chi connectivity index (χ2n) is 6.33. The first-order chi connectivity index (χ1) is 12.8. The number of rotatable bonds is 6. The number of benzene rings is 1. The normalized spacial score (nSPS) is 13.4. The van der Waals surface area contributed by atoms with Gasteiger partial charge in [0, 0.05) is 36.7 Å². The van der Waals surface area contributed by atoms with E-state index in [1.54, 1.807) is 30.3 Å². The van der Waals surface area contributed by atoms with Gasteiger partial charge in [-0.25, -0.2) is 4.68 Å². The van der Waals surface area contributed by atoms with Gasteiger partial charge >= 0.3 is 0 Å². The molecule has 2 heterocycles. The number of aromatic nitrogens is 3. The van der Waals surface area contributed by atoms with Crippen LogP contribution < -0.4 is 4.74 Å². The van der Waals surface area contributed by atoms with Crippen molar-refractivity contribution < 1.29 is 9.53 Å². The van der Waals surface area contributed by atoms with Crippen LogP contribution >= 0.6 is 0 Å². The Morgan fingerprint density at radius 2 is 2.08 bits per heavy atom. The van der Waals surface area contributed by atoms with Crippen LogP contribution in [0, 0.1) is 0 Å². The van der Waals surface area contributed by atoms with Crippen molar-refractivity contribution in [2.45, 2.75) is 25.4 Å². The summed E-state index contributed by atoms with van der Waals surface area (Å²) in [5.74, 6) is 0.733. The van der Waals surface area contributed by atoms with Crippen molar-refractivity contribution >= 4 is 5.91 Å². The molecule has 1 aliphatic rings. The number of carbonyl (C=O) groups excluding carboxylic acids is 1. The van der Waals surface area contributed by atoms with Crippen molar-refractivity contribution in [3.05, 3.63) is 72.3 Å². The lowest BCUT2D eigenvalue weighted by atomic mass is 10.1. The molecule has 1 aromatic carbocycles. The molecule has 1 amide bonds. The van der Waals surface area contributed by atoms with Gasteiger partial charge in [-0.15, -0.1) is 0 Å². The zero-order valence-corrected chi connectivity index (χ0v) is 14.6. The number of nitrogens with zero attached hydrogens (tertiary/aromatic N) is 4. The first kappa shape index (κ1) is 16.3. The van der Waals surface area contributed by atoms with Crippen LogP contribution in [-0.2, 0) is 6.54 Å². The number of para-hydroxylation sites is 1. The van der Waals surface area contributed by atoms with Gasteiger partial charge in [0.25, 0.3) is 5.91 Å². The molecule has 4 rings (SSSR count). The Balaban J connectivity index is 1.61. The molecule has 1 saturated carbocycles. The Kier molecular flexibility index (Phi) is 4.39. The predicted molar refractivity (Wildman–Crippen MR) is 97.2 cm³/mol. The van der Waals surface area contributed by atoms with E-state index in [0.717, 1.165) is 29.8 Å². The summed E-state index contributed by atoms with van der Waals surface area (Å²) in [4.78, 5) is 19.3. The molecule has 2 aromatic heterocycles. The van der Waals surface area contributed by atoms with Crippen LogP contribution in [0.5, 0.6) is 5.75 Å². The molecule has 0 saturated heterocycles. The van der Waals surface area contributed by atoms with Crippen LogP contribution in [-0.4, -0.2) is 38.7 Å². The molecule has 1 aliphatic carbocycles. The molecule has 132 valence electrons. The minimum Gasteiger partial charge on any atom is -0.496 e. The van der Waals surface area contributed by atoms with Crippen molar-refractivity contribution in [2.75, 3.05) is 7.11 Å². The van der Waals surface area contributed by atoms with E-state index in [1.807, 2.05) is 47.5 Å². The SMILES string of the molecule is COc1ccccc1CN(C(=O)c1cc(-n2cccn2)ccn1)C1CC1. The standard InChI is InChI=1S/C20H20N4O2/c1-26-19-6-3-2-5-15(19)14-23(16-7-8-16)20(25)18-13-17(9-11-21-18)24-12-4-10-22-24/h2-6,9-13,16H,7-8,14H2,1H3. The fraction of sp³-hybridized carbons (Fsp3) is 0.250. The highest BCUT2D eigenvalue weighted by Crippen LogP contribution is 2.31. The van der Waals surface area contributed by atoms with E-state index in [9.17, 15) is 4.79 Å². The van der Waals surface area contributed by atoms with E-state index in [0.29, 0.717) is 12.2 Å². The van der Waals surface area contributed by atoms with Gasteiger partial charge in [0.1, 0.15) is 11.4 Å². The molecule has 0 bridgehead atoms. The minimum absolute atomic E-state index is 0.0626. The molecule has 0 N–H and O–H groups in total. The monoisotopic (exact) mass is 348 g/mol. The summed E-state index contributed by atoms with van der Waals surface area (Å²) >= 11 is 0. The highest BCUT2D eigenvalue weighted by molar-refractivity contribution is 5.93. The summed E-state index contributed by atoms with van der Waals surface area (Å²) in [5, 5.41) is 4.22. The lowest BCUT2D eigenvalue weighted by molar-refractivity contribution is 0.0722. The van der Waals surface area contributed by atoms with E-state index in [4.69, 9.17) is 4.74 Å². The van der Waals surface area contributed by atoms with Crippen LogP contribution in [0.3, 0.4) is 0 Å². The average Bonchev–Trinajstić information content (AvgIpc) is 3.38. The van der Waals surface area contributed by atoms with Gasteiger partial charge in [-0.05, 0) is 37.1 Å². The fourth-order valence-electron chi connectivity index (χ4n) is 3.02. The van der Waals surface area contributed by atoms with E-state index in [-0.39, 0.29) is 11.9 Å². The van der Waals surface area contributed by atoms with Gasteiger partial charge in [-0.3, -0.25) is 9.78 Å². The second-order valence-corrected chi connectivity index (χ2v) is 6.33. The number of hydrogen-bond donors (Lipinski definition) is 0. The number of methoxy groups -OCH3 is 1. The molecule has 6 heteroatoms. The summed E-state index contributed by atoms with van der Waals surface area (Å²) in [6.45, 7) is 0.515. The Bertz CT molecular complexity index is 904. The molecular weight excluding hydrogens is 328 g/mol. The molecular formula is C20H20N4O2. The smallest absolute Gasteiger partial charge is 0.273 e. The van der Waals surface area contributed by atoms with Crippen LogP contribution in [0.15, 0.2) is 61.1 Å². The van der Waals surface area contributed by atoms with Gasteiger partial charge in [-0.1, -0.05) is 18.2 Å². The Labute approximate surface area is 152 Å². The Morgan fingerprint density at radius 3 is 2.81 bits per heavy atom. The molecule has 1 fully saturated rings. The lowest BCUT2D eigenvalue weighted by Crippen LogP contribution is -2.33. The zero-order valence-electron chi connectivity index (χ0n) is 14.6. The van der Waals surface area contributed by atoms with Crippen LogP contribution in [0.25, 0.3) is 5.69 Å². The summed E-state index contributed by atoms with van der Waals surface area (Å²) in [6.07, 6.45) is 7.26. The first-order valence-electron chi connectivity index (χ1n) is 8.65. The largest absolute Gasteiger partial charge is 0.496 e. The minimum atomic E-state index is -0.0626. The predicted octanol–water partition coefficient (Wildman–Crippen LogP) is 3.08.